The number of nitrogens with zero attached hydrogens (tertiary/aromatic N) is 2. The van der Waals surface area contributed by atoms with Crippen molar-refractivity contribution in [1.29, 1.82) is 0 Å². The lowest BCUT2D eigenvalue weighted by atomic mass is 9.94. The molecule has 0 fully saturated rings. The second-order valence-corrected chi connectivity index (χ2v) is 7.50. The van der Waals surface area contributed by atoms with Gasteiger partial charge in [0, 0.05) is 24.7 Å². The SMILES string of the molecule is Cc1cc(-c2ccc(-c3cn4c(n3)CCCC4)cc2)ccc1C(C)C. The van der Waals surface area contributed by atoms with E-state index in [0.717, 1.165) is 18.7 Å². The van der Waals surface area contributed by atoms with E-state index in [0.29, 0.717) is 5.92 Å². The molecule has 3 aromatic rings. The van der Waals surface area contributed by atoms with Crippen molar-refractivity contribution >= 4 is 0 Å². The first kappa shape index (κ1) is 16.1. The van der Waals surface area contributed by atoms with Crippen molar-refractivity contribution in [2.75, 3.05) is 0 Å². The molecular formula is C23H26N2. The van der Waals surface area contributed by atoms with Crippen molar-refractivity contribution in [1.82, 2.24) is 9.55 Å². The van der Waals surface area contributed by atoms with E-state index >= 15 is 0 Å². The third-order valence-corrected chi connectivity index (χ3v) is 5.31. The molecule has 0 unspecified atom stereocenters. The fourth-order valence-corrected chi connectivity index (χ4v) is 3.89. The van der Waals surface area contributed by atoms with Gasteiger partial charge in [-0.3, -0.25) is 0 Å². The van der Waals surface area contributed by atoms with E-state index in [4.69, 9.17) is 4.98 Å². The van der Waals surface area contributed by atoms with Gasteiger partial charge in [-0.15, -0.1) is 0 Å². The van der Waals surface area contributed by atoms with Crippen molar-refractivity contribution in [3.05, 3.63) is 65.6 Å². The minimum absolute atomic E-state index is 0.573. The van der Waals surface area contributed by atoms with Gasteiger partial charge in [0.2, 0.25) is 0 Å². The quantitative estimate of drug-likeness (QED) is 0.577. The maximum Gasteiger partial charge on any atom is 0.109 e. The zero-order valence-corrected chi connectivity index (χ0v) is 15.4. The third kappa shape index (κ3) is 3.13. The van der Waals surface area contributed by atoms with Crippen LogP contribution in [0.4, 0.5) is 0 Å². The van der Waals surface area contributed by atoms with E-state index in [9.17, 15) is 0 Å². The van der Waals surface area contributed by atoms with Gasteiger partial charge < -0.3 is 4.57 Å². The van der Waals surface area contributed by atoms with Crippen molar-refractivity contribution in [2.24, 2.45) is 0 Å². The number of benzene rings is 2. The lowest BCUT2D eigenvalue weighted by Gasteiger charge is -2.12. The summed E-state index contributed by atoms with van der Waals surface area (Å²) in [6, 6.07) is 15.7. The van der Waals surface area contributed by atoms with E-state index in [1.807, 2.05) is 0 Å². The standard InChI is InChI=1S/C23H26N2/c1-16(2)21-12-11-20(14-17(21)3)18-7-9-19(10-8-18)22-15-25-13-5-4-6-23(25)24-22/h7-12,14-16H,4-6,13H2,1-3H3. The largest absolute Gasteiger partial charge is 0.334 e. The third-order valence-electron chi connectivity index (χ3n) is 5.31. The van der Waals surface area contributed by atoms with Gasteiger partial charge in [-0.1, -0.05) is 56.3 Å². The first-order chi connectivity index (χ1) is 12.1. The predicted molar refractivity (Wildman–Crippen MR) is 105 cm³/mol. The average Bonchev–Trinajstić information content (AvgIpc) is 3.05. The van der Waals surface area contributed by atoms with Crippen LogP contribution in [0, 0.1) is 6.92 Å². The molecule has 1 aliphatic rings. The summed E-state index contributed by atoms with van der Waals surface area (Å²) < 4.78 is 2.32. The van der Waals surface area contributed by atoms with Crippen molar-refractivity contribution < 1.29 is 0 Å². The Labute approximate surface area is 150 Å². The van der Waals surface area contributed by atoms with Gasteiger partial charge in [-0.05, 0) is 47.9 Å². The van der Waals surface area contributed by atoms with E-state index in [-0.39, 0.29) is 0 Å². The average molecular weight is 330 g/mol. The Kier molecular flexibility index (Phi) is 4.20. The van der Waals surface area contributed by atoms with E-state index in [1.54, 1.807) is 0 Å². The van der Waals surface area contributed by atoms with E-state index in [1.165, 1.54) is 46.5 Å². The summed E-state index contributed by atoms with van der Waals surface area (Å²) in [6.07, 6.45) is 5.86. The molecule has 0 aliphatic carbocycles. The zero-order chi connectivity index (χ0) is 17.4. The molecule has 4 rings (SSSR count). The summed E-state index contributed by atoms with van der Waals surface area (Å²) in [4.78, 5) is 4.83. The fraction of sp³-hybridized carbons (Fsp3) is 0.348. The van der Waals surface area contributed by atoms with Crippen LogP contribution in [0.15, 0.2) is 48.7 Å². The summed E-state index contributed by atoms with van der Waals surface area (Å²) in [7, 11) is 0. The van der Waals surface area contributed by atoms with Crippen molar-refractivity contribution in [3.63, 3.8) is 0 Å². The van der Waals surface area contributed by atoms with Gasteiger partial charge in [-0.25, -0.2) is 4.98 Å². The Morgan fingerprint density at radius 2 is 1.64 bits per heavy atom. The van der Waals surface area contributed by atoms with Crippen LogP contribution >= 0.6 is 0 Å². The van der Waals surface area contributed by atoms with Gasteiger partial charge in [-0.2, -0.15) is 0 Å². The number of hydrogen-bond acceptors (Lipinski definition) is 1. The molecule has 2 nitrogen and oxygen atoms in total. The molecule has 2 aromatic carbocycles. The smallest absolute Gasteiger partial charge is 0.109 e. The Morgan fingerprint density at radius 3 is 2.32 bits per heavy atom. The second kappa shape index (κ2) is 6.51. The number of aryl methyl sites for hydroxylation is 3. The number of aromatic nitrogens is 2. The number of rotatable bonds is 3. The highest BCUT2D eigenvalue weighted by molar-refractivity contribution is 5.69. The molecule has 0 radical (unpaired) electrons. The topological polar surface area (TPSA) is 17.8 Å². The molecule has 0 atom stereocenters. The minimum Gasteiger partial charge on any atom is -0.334 e. The zero-order valence-electron chi connectivity index (χ0n) is 15.4. The number of imidazole rings is 1. The van der Waals surface area contributed by atoms with Gasteiger partial charge >= 0.3 is 0 Å². The van der Waals surface area contributed by atoms with Crippen molar-refractivity contribution in [3.8, 4) is 22.4 Å². The summed E-state index contributed by atoms with van der Waals surface area (Å²) in [5.41, 5.74) is 7.68. The second-order valence-electron chi connectivity index (χ2n) is 7.50. The lowest BCUT2D eigenvalue weighted by Crippen LogP contribution is -2.08. The van der Waals surface area contributed by atoms with Crippen LogP contribution in [0.25, 0.3) is 22.4 Å². The molecule has 2 heteroatoms. The number of hydrogen-bond donors (Lipinski definition) is 0. The van der Waals surface area contributed by atoms with Crippen LogP contribution in [0.5, 0.6) is 0 Å². The Morgan fingerprint density at radius 1 is 0.920 bits per heavy atom. The molecule has 2 heterocycles. The van der Waals surface area contributed by atoms with Crippen LogP contribution in [0.3, 0.4) is 0 Å². The molecule has 1 aromatic heterocycles. The summed E-state index contributed by atoms with van der Waals surface area (Å²) >= 11 is 0. The van der Waals surface area contributed by atoms with E-state index < -0.39 is 0 Å². The Hall–Kier alpha value is -2.35. The highest BCUT2D eigenvalue weighted by Crippen LogP contribution is 2.28. The van der Waals surface area contributed by atoms with Crippen LogP contribution < -0.4 is 0 Å². The van der Waals surface area contributed by atoms with Crippen LogP contribution in [0.2, 0.25) is 0 Å². The monoisotopic (exact) mass is 330 g/mol. The lowest BCUT2D eigenvalue weighted by molar-refractivity contribution is 0.522. The molecule has 1 aliphatic heterocycles. The normalized spacial score (nSPS) is 13.9. The Bertz CT molecular complexity index is 861. The fourth-order valence-electron chi connectivity index (χ4n) is 3.89. The van der Waals surface area contributed by atoms with Gasteiger partial charge in [0.25, 0.3) is 0 Å². The van der Waals surface area contributed by atoms with Crippen LogP contribution in [0.1, 0.15) is 49.6 Å². The molecule has 0 saturated carbocycles. The van der Waals surface area contributed by atoms with Crippen molar-refractivity contribution in [2.45, 2.75) is 52.5 Å². The molecule has 0 saturated heterocycles. The Balaban J connectivity index is 1.62. The first-order valence-electron chi connectivity index (χ1n) is 9.39. The maximum atomic E-state index is 4.83. The maximum absolute atomic E-state index is 4.83. The molecular weight excluding hydrogens is 304 g/mol. The summed E-state index contributed by atoms with van der Waals surface area (Å²) in [5, 5.41) is 0. The molecule has 0 N–H and O–H groups in total. The van der Waals surface area contributed by atoms with Crippen LogP contribution in [-0.4, -0.2) is 9.55 Å². The van der Waals surface area contributed by atoms with Gasteiger partial charge in [0.1, 0.15) is 5.82 Å². The predicted octanol–water partition coefficient (Wildman–Crippen LogP) is 5.99. The van der Waals surface area contributed by atoms with Crippen LogP contribution in [-0.2, 0) is 13.0 Å². The molecule has 0 amide bonds. The van der Waals surface area contributed by atoms with Gasteiger partial charge in [0.15, 0.2) is 0 Å². The highest BCUT2D eigenvalue weighted by Gasteiger charge is 2.13. The molecule has 128 valence electrons. The number of fused-ring (bicyclic) bond motifs is 1. The summed E-state index contributed by atoms with van der Waals surface area (Å²) in [6.45, 7) is 7.83. The van der Waals surface area contributed by atoms with Gasteiger partial charge in [0.05, 0.1) is 5.69 Å². The first-order valence-corrected chi connectivity index (χ1v) is 9.39. The molecule has 0 bridgehead atoms. The highest BCUT2D eigenvalue weighted by atomic mass is 15.1. The molecule has 25 heavy (non-hydrogen) atoms. The summed E-state index contributed by atoms with van der Waals surface area (Å²) in [5.74, 6) is 1.81. The van der Waals surface area contributed by atoms with E-state index in [2.05, 4.69) is 74.0 Å². The molecule has 0 spiro atoms. The minimum atomic E-state index is 0.573.